The molecule has 0 fully saturated rings. The molecule has 0 radical (unpaired) electrons. The Labute approximate surface area is 131 Å². The standard InChI is InChI=1S/C16H13N3O4/c1-10-8-11(16(21)22)2-4-13(10)14-5-3-12(23-14)9-18-19-15(20)6-7-17/h2-5,8-9H,6H2,1H3,(H,19,20)(H,21,22)/b18-9-. The summed E-state index contributed by atoms with van der Waals surface area (Å²) in [5.41, 5.74) is 3.94. The molecule has 2 aromatic rings. The molecule has 7 heteroatoms. The number of benzene rings is 1. The summed E-state index contributed by atoms with van der Waals surface area (Å²) in [5, 5.41) is 21.0. The van der Waals surface area contributed by atoms with Crippen LogP contribution in [0.5, 0.6) is 0 Å². The molecule has 1 aromatic heterocycles. The van der Waals surface area contributed by atoms with Crippen LogP contribution >= 0.6 is 0 Å². The lowest BCUT2D eigenvalue weighted by atomic mass is 10.0. The fraction of sp³-hybridized carbons (Fsp3) is 0.125. The van der Waals surface area contributed by atoms with E-state index in [0.29, 0.717) is 11.5 Å². The van der Waals surface area contributed by atoms with Gasteiger partial charge in [0.2, 0.25) is 0 Å². The maximum Gasteiger partial charge on any atom is 0.335 e. The quantitative estimate of drug-likeness (QED) is 0.649. The fourth-order valence-electron chi connectivity index (χ4n) is 1.92. The zero-order valence-corrected chi connectivity index (χ0v) is 12.2. The first-order chi connectivity index (χ1) is 11.0. The molecule has 0 spiro atoms. The minimum atomic E-state index is -0.986. The van der Waals surface area contributed by atoms with Gasteiger partial charge >= 0.3 is 5.97 Å². The zero-order chi connectivity index (χ0) is 16.8. The van der Waals surface area contributed by atoms with Crippen molar-refractivity contribution in [3.63, 3.8) is 0 Å². The summed E-state index contributed by atoms with van der Waals surface area (Å²) in [5.74, 6) is -0.515. The molecule has 0 aliphatic heterocycles. The van der Waals surface area contributed by atoms with Crippen LogP contribution in [0, 0.1) is 18.3 Å². The first-order valence-corrected chi connectivity index (χ1v) is 6.64. The van der Waals surface area contributed by atoms with Crippen LogP contribution in [0.2, 0.25) is 0 Å². The van der Waals surface area contributed by atoms with Crippen LogP contribution in [0.15, 0.2) is 39.9 Å². The van der Waals surface area contributed by atoms with E-state index in [0.717, 1.165) is 11.1 Å². The molecule has 7 nitrogen and oxygen atoms in total. The Hall–Kier alpha value is -3.40. The van der Waals surface area contributed by atoms with Crippen molar-refractivity contribution in [3.05, 3.63) is 47.2 Å². The lowest BCUT2D eigenvalue weighted by Crippen LogP contribution is -2.15. The van der Waals surface area contributed by atoms with Gasteiger partial charge in [0.15, 0.2) is 0 Å². The van der Waals surface area contributed by atoms with Crippen LogP contribution < -0.4 is 5.43 Å². The van der Waals surface area contributed by atoms with E-state index in [4.69, 9.17) is 14.8 Å². The van der Waals surface area contributed by atoms with E-state index >= 15 is 0 Å². The van der Waals surface area contributed by atoms with Gasteiger partial charge in [0.1, 0.15) is 17.9 Å². The van der Waals surface area contributed by atoms with Crippen LogP contribution in [0.25, 0.3) is 11.3 Å². The molecule has 0 saturated heterocycles. The van der Waals surface area contributed by atoms with Crippen molar-refractivity contribution in [1.29, 1.82) is 5.26 Å². The molecule has 1 aromatic carbocycles. The van der Waals surface area contributed by atoms with E-state index in [1.54, 1.807) is 37.3 Å². The molecule has 2 N–H and O–H groups in total. The first kappa shape index (κ1) is 16.0. The van der Waals surface area contributed by atoms with Crippen molar-refractivity contribution < 1.29 is 19.1 Å². The Balaban J connectivity index is 2.13. The zero-order valence-electron chi connectivity index (χ0n) is 12.2. The van der Waals surface area contributed by atoms with Gasteiger partial charge in [0.05, 0.1) is 17.8 Å². The molecule has 1 heterocycles. The molecule has 1 amide bonds. The predicted molar refractivity (Wildman–Crippen MR) is 81.8 cm³/mol. The number of carbonyl (C=O) groups is 2. The van der Waals surface area contributed by atoms with E-state index in [9.17, 15) is 9.59 Å². The van der Waals surface area contributed by atoms with E-state index in [-0.39, 0.29) is 12.0 Å². The van der Waals surface area contributed by atoms with E-state index in [1.807, 2.05) is 0 Å². The third-order valence-corrected chi connectivity index (χ3v) is 2.99. The molecule has 0 bridgehead atoms. The van der Waals surface area contributed by atoms with Crippen LogP contribution in [-0.4, -0.2) is 23.2 Å². The number of aryl methyl sites for hydroxylation is 1. The highest BCUT2D eigenvalue weighted by Crippen LogP contribution is 2.26. The van der Waals surface area contributed by atoms with Gasteiger partial charge in [-0.25, -0.2) is 10.2 Å². The van der Waals surface area contributed by atoms with Crippen molar-refractivity contribution >= 4 is 18.1 Å². The average Bonchev–Trinajstić information content (AvgIpc) is 2.96. The summed E-state index contributed by atoms with van der Waals surface area (Å²) in [4.78, 5) is 22.0. The van der Waals surface area contributed by atoms with Gasteiger partial charge in [-0.2, -0.15) is 10.4 Å². The minimum Gasteiger partial charge on any atom is -0.478 e. The maximum atomic E-state index is 11.1. The van der Waals surface area contributed by atoms with Gasteiger partial charge in [-0.05, 0) is 36.8 Å². The lowest BCUT2D eigenvalue weighted by Gasteiger charge is -2.03. The van der Waals surface area contributed by atoms with Gasteiger partial charge in [0, 0.05) is 5.56 Å². The number of nitrogens with zero attached hydrogens (tertiary/aromatic N) is 2. The Morgan fingerprint density at radius 2 is 2.17 bits per heavy atom. The van der Waals surface area contributed by atoms with Gasteiger partial charge in [-0.3, -0.25) is 4.79 Å². The number of hydrogen-bond acceptors (Lipinski definition) is 5. The van der Waals surface area contributed by atoms with Crippen LogP contribution in [0.3, 0.4) is 0 Å². The summed E-state index contributed by atoms with van der Waals surface area (Å²) in [6.45, 7) is 1.79. The van der Waals surface area contributed by atoms with Crippen molar-refractivity contribution in [2.75, 3.05) is 0 Å². The second kappa shape index (κ2) is 7.04. The number of nitriles is 1. The number of hydrazone groups is 1. The Bertz CT molecular complexity index is 815. The first-order valence-electron chi connectivity index (χ1n) is 6.64. The molecule has 2 rings (SSSR count). The third-order valence-electron chi connectivity index (χ3n) is 2.99. The summed E-state index contributed by atoms with van der Waals surface area (Å²) in [7, 11) is 0. The number of nitrogens with one attached hydrogen (secondary N) is 1. The van der Waals surface area contributed by atoms with Crippen LogP contribution in [-0.2, 0) is 4.79 Å². The molecule has 0 saturated carbocycles. The second-order valence-electron chi connectivity index (χ2n) is 4.66. The number of carbonyl (C=O) groups excluding carboxylic acids is 1. The smallest absolute Gasteiger partial charge is 0.335 e. The van der Waals surface area contributed by atoms with Crippen molar-refractivity contribution in [1.82, 2.24) is 5.43 Å². The van der Waals surface area contributed by atoms with E-state index < -0.39 is 11.9 Å². The Kier molecular flexibility index (Phi) is 4.89. The normalized spacial score (nSPS) is 10.4. The van der Waals surface area contributed by atoms with E-state index in [1.165, 1.54) is 12.3 Å². The highest BCUT2D eigenvalue weighted by atomic mass is 16.4. The van der Waals surface area contributed by atoms with Gasteiger partial charge in [-0.1, -0.05) is 6.07 Å². The lowest BCUT2D eigenvalue weighted by molar-refractivity contribution is -0.120. The van der Waals surface area contributed by atoms with Crippen molar-refractivity contribution in [2.24, 2.45) is 5.10 Å². The molecule has 0 unspecified atom stereocenters. The summed E-state index contributed by atoms with van der Waals surface area (Å²) >= 11 is 0. The summed E-state index contributed by atoms with van der Waals surface area (Å²) in [6.07, 6.45) is 1.05. The van der Waals surface area contributed by atoms with Gasteiger partial charge in [-0.15, -0.1) is 0 Å². The number of hydrogen-bond donors (Lipinski definition) is 2. The van der Waals surface area contributed by atoms with Crippen molar-refractivity contribution in [2.45, 2.75) is 13.3 Å². The van der Waals surface area contributed by atoms with Crippen LogP contribution in [0.4, 0.5) is 0 Å². The molecule has 0 aliphatic carbocycles. The van der Waals surface area contributed by atoms with E-state index in [2.05, 4.69) is 10.5 Å². The highest BCUT2D eigenvalue weighted by Gasteiger charge is 2.10. The van der Waals surface area contributed by atoms with Gasteiger partial charge in [0.25, 0.3) is 5.91 Å². The SMILES string of the molecule is Cc1cc(C(=O)O)ccc1-c1ccc(/C=N\NC(=O)CC#N)o1. The van der Waals surface area contributed by atoms with Crippen LogP contribution in [0.1, 0.15) is 28.1 Å². The average molecular weight is 311 g/mol. The highest BCUT2D eigenvalue weighted by molar-refractivity contribution is 5.89. The molecule has 0 aliphatic rings. The predicted octanol–water partition coefficient (Wildman–Crippen LogP) is 2.32. The number of carboxylic acids is 1. The summed E-state index contributed by atoms with van der Waals surface area (Å²) in [6, 6.07) is 9.84. The Morgan fingerprint density at radius 3 is 2.83 bits per heavy atom. The largest absolute Gasteiger partial charge is 0.478 e. The maximum absolute atomic E-state index is 11.1. The monoisotopic (exact) mass is 311 g/mol. The van der Waals surface area contributed by atoms with Crippen molar-refractivity contribution in [3.8, 4) is 17.4 Å². The number of aromatic carboxylic acids is 1. The Morgan fingerprint density at radius 1 is 1.39 bits per heavy atom. The topological polar surface area (TPSA) is 116 Å². The molecule has 0 atom stereocenters. The van der Waals surface area contributed by atoms with Gasteiger partial charge < -0.3 is 9.52 Å². The minimum absolute atomic E-state index is 0.208. The number of furan rings is 1. The molecule has 23 heavy (non-hydrogen) atoms. The molecule has 116 valence electrons. The number of amides is 1. The second-order valence-corrected chi connectivity index (χ2v) is 4.66. The fourth-order valence-corrected chi connectivity index (χ4v) is 1.92. The molecular weight excluding hydrogens is 298 g/mol. The molecular formula is C16H13N3O4. The summed E-state index contributed by atoms with van der Waals surface area (Å²) < 4.78 is 5.58. The number of carboxylic acid groups (broad SMARTS) is 1. The number of rotatable bonds is 5. The third kappa shape index (κ3) is 4.04.